The van der Waals surface area contributed by atoms with E-state index in [2.05, 4.69) is 12.1 Å². The summed E-state index contributed by atoms with van der Waals surface area (Å²) in [6.07, 6.45) is 4.49. The quantitative estimate of drug-likeness (QED) is 0.746. The van der Waals surface area contributed by atoms with Gasteiger partial charge in [0, 0.05) is 0 Å². The predicted molar refractivity (Wildman–Crippen MR) is 54.2 cm³/mol. The summed E-state index contributed by atoms with van der Waals surface area (Å²) in [5, 5.41) is 8.90. The van der Waals surface area contributed by atoms with Crippen LogP contribution in [0.2, 0.25) is 0 Å². The summed E-state index contributed by atoms with van der Waals surface area (Å²) in [4.78, 5) is 0. The summed E-state index contributed by atoms with van der Waals surface area (Å²) in [7, 11) is 0. The van der Waals surface area contributed by atoms with E-state index in [0.717, 1.165) is 0 Å². The number of aliphatic hydroxyl groups is 1. The van der Waals surface area contributed by atoms with Crippen LogP contribution < -0.4 is 0 Å². The van der Waals surface area contributed by atoms with Crippen LogP contribution >= 0.6 is 0 Å². The normalized spacial score (nSPS) is 17.5. The van der Waals surface area contributed by atoms with E-state index in [4.69, 9.17) is 5.11 Å². The predicted octanol–water partition coefficient (Wildman–Crippen LogP) is 2.47. The van der Waals surface area contributed by atoms with Gasteiger partial charge < -0.3 is 5.11 Å². The minimum absolute atomic E-state index is 0.153. The molecule has 1 heteroatoms. The number of hydrogen-bond donors (Lipinski definition) is 1. The molecule has 0 amide bonds. The van der Waals surface area contributed by atoms with Crippen molar-refractivity contribution in [3.8, 4) is 0 Å². The summed E-state index contributed by atoms with van der Waals surface area (Å²) >= 11 is 0. The van der Waals surface area contributed by atoms with E-state index in [9.17, 15) is 0 Å². The average molecular weight is 174 g/mol. The molecule has 1 aromatic rings. The SMILES string of the molecule is OC/C=C(\c1ccccc1)C1CC1. The summed E-state index contributed by atoms with van der Waals surface area (Å²) in [5.41, 5.74) is 2.59. The Labute approximate surface area is 78.7 Å². The highest BCUT2D eigenvalue weighted by Gasteiger charge is 2.26. The fourth-order valence-corrected chi connectivity index (χ4v) is 1.64. The summed E-state index contributed by atoms with van der Waals surface area (Å²) < 4.78 is 0. The van der Waals surface area contributed by atoms with Crippen molar-refractivity contribution in [2.75, 3.05) is 6.61 Å². The molecule has 0 heterocycles. The van der Waals surface area contributed by atoms with E-state index < -0.39 is 0 Å². The molecule has 1 aliphatic carbocycles. The van der Waals surface area contributed by atoms with Gasteiger partial charge in [-0.15, -0.1) is 0 Å². The Morgan fingerprint density at radius 1 is 1.31 bits per heavy atom. The lowest BCUT2D eigenvalue weighted by atomic mass is 10.0. The second-order valence-corrected chi connectivity index (χ2v) is 3.48. The molecule has 1 fully saturated rings. The Kier molecular flexibility index (Phi) is 2.46. The van der Waals surface area contributed by atoms with Crippen LogP contribution in [-0.2, 0) is 0 Å². The van der Waals surface area contributed by atoms with Crippen LogP contribution in [0.1, 0.15) is 18.4 Å². The zero-order valence-corrected chi connectivity index (χ0v) is 7.61. The van der Waals surface area contributed by atoms with Crippen LogP contribution in [0.25, 0.3) is 5.57 Å². The third-order valence-electron chi connectivity index (χ3n) is 2.44. The van der Waals surface area contributed by atoms with Crippen molar-refractivity contribution in [3.05, 3.63) is 42.0 Å². The highest BCUT2D eigenvalue weighted by atomic mass is 16.2. The van der Waals surface area contributed by atoms with E-state index in [1.54, 1.807) is 0 Å². The second-order valence-electron chi connectivity index (χ2n) is 3.48. The van der Waals surface area contributed by atoms with Crippen molar-refractivity contribution in [2.45, 2.75) is 12.8 Å². The lowest BCUT2D eigenvalue weighted by Crippen LogP contribution is -1.88. The van der Waals surface area contributed by atoms with Gasteiger partial charge >= 0.3 is 0 Å². The average Bonchev–Trinajstić information content (AvgIpc) is 2.99. The lowest BCUT2D eigenvalue weighted by molar-refractivity contribution is 0.343. The van der Waals surface area contributed by atoms with E-state index in [1.807, 2.05) is 24.3 Å². The Bertz CT molecular complexity index is 296. The van der Waals surface area contributed by atoms with E-state index in [-0.39, 0.29) is 6.61 Å². The van der Waals surface area contributed by atoms with Crippen molar-refractivity contribution in [1.82, 2.24) is 0 Å². The van der Waals surface area contributed by atoms with E-state index >= 15 is 0 Å². The highest BCUT2D eigenvalue weighted by Crippen LogP contribution is 2.41. The Balaban J connectivity index is 2.25. The monoisotopic (exact) mass is 174 g/mol. The molecule has 0 radical (unpaired) electrons. The standard InChI is InChI=1S/C12H14O/c13-9-8-12(11-6-7-11)10-4-2-1-3-5-10/h1-5,8,11,13H,6-7,9H2/b12-8+. The number of rotatable bonds is 3. The maximum atomic E-state index is 8.90. The minimum atomic E-state index is 0.153. The third-order valence-corrected chi connectivity index (χ3v) is 2.44. The van der Waals surface area contributed by atoms with Gasteiger partial charge in [-0.2, -0.15) is 0 Å². The van der Waals surface area contributed by atoms with Crippen LogP contribution in [0, 0.1) is 5.92 Å². The summed E-state index contributed by atoms with van der Waals surface area (Å²) in [5.74, 6) is 0.703. The van der Waals surface area contributed by atoms with Crippen LogP contribution in [0.3, 0.4) is 0 Å². The topological polar surface area (TPSA) is 20.2 Å². The summed E-state index contributed by atoms with van der Waals surface area (Å²) in [6.45, 7) is 0.153. The molecule has 68 valence electrons. The molecule has 2 rings (SSSR count). The van der Waals surface area contributed by atoms with Crippen molar-refractivity contribution in [1.29, 1.82) is 0 Å². The Morgan fingerprint density at radius 3 is 2.54 bits per heavy atom. The molecule has 0 unspecified atom stereocenters. The maximum absolute atomic E-state index is 8.90. The van der Waals surface area contributed by atoms with Crippen LogP contribution in [0.5, 0.6) is 0 Å². The van der Waals surface area contributed by atoms with Gasteiger partial charge in [-0.05, 0) is 29.9 Å². The van der Waals surface area contributed by atoms with Gasteiger partial charge in [0.15, 0.2) is 0 Å². The molecule has 1 saturated carbocycles. The van der Waals surface area contributed by atoms with Crippen LogP contribution in [0.15, 0.2) is 36.4 Å². The van der Waals surface area contributed by atoms with Gasteiger partial charge in [0.1, 0.15) is 0 Å². The fraction of sp³-hybridized carbons (Fsp3) is 0.333. The van der Waals surface area contributed by atoms with Gasteiger partial charge in [-0.1, -0.05) is 36.4 Å². The largest absolute Gasteiger partial charge is 0.392 e. The van der Waals surface area contributed by atoms with Crippen molar-refractivity contribution in [3.63, 3.8) is 0 Å². The van der Waals surface area contributed by atoms with Gasteiger partial charge in [-0.25, -0.2) is 0 Å². The molecule has 1 aromatic carbocycles. The number of benzene rings is 1. The molecule has 1 N–H and O–H groups in total. The van der Waals surface area contributed by atoms with Gasteiger partial charge in [0.2, 0.25) is 0 Å². The molecule has 0 bridgehead atoms. The van der Waals surface area contributed by atoms with Gasteiger partial charge in [0.25, 0.3) is 0 Å². The lowest BCUT2D eigenvalue weighted by Gasteiger charge is -2.04. The molecule has 0 aliphatic heterocycles. The molecule has 0 saturated heterocycles. The van der Waals surface area contributed by atoms with Crippen LogP contribution in [-0.4, -0.2) is 11.7 Å². The number of aliphatic hydroxyl groups excluding tert-OH is 1. The van der Waals surface area contributed by atoms with E-state index in [1.165, 1.54) is 24.0 Å². The molecule has 0 aromatic heterocycles. The van der Waals surface area contributed by atoms with Gasteiger partial charge in [-0.3, -0.25) is 0 Å². The molecule has 1 aliphatic rings. The fourth-order valence-electron chi connectivity index (χ4n) is 1.64. The first-order valence-corrected chi connectivity index (χ1v) is 4.78. The zero-order chi connectivity index (χ0) is 9.10. The summed E-state index contributed by atoms with van der Waals surface area (Å²) in [6, 6.07) is 10.3. The first-order valence-electron chi connectivity index (χ1n) is 4.78. The Hall–Kier alpha value is -1.08. The smallest absolute Gasteiger partial charge is 0.0618 e. The molecular weight excluding hydrogens is 160 g/mol. The first-order chi connectivity index (χ1) is 6.42. The molecule has 0 atom stereocenters. The molecule has 13 heavy (non-hydrogen) atoms. The molecule has 0 spiro atoms. The third kappa shape index (κ3) is 1.99. The van der Waals surface area contributed by atoms with Gasteiger partial charge in [0.05, 0.1) is 6.61 Å². The molecular formula is C12H14O. The van der Waals surface area contributed by atoms with Crippen LogP contribution in [0.4, 0.5) is 0 Å². The number of hydrogen-bond acceptors (Lipinski definition) is 1. The van der Waals surface area contributed by atoms with Crippen molar-refractivity contribution < 1.29 is 5.11 Å². The maximum Gasteiger partial charge on any atom is 0.0618 e. The number of allylic oxidation sites excluding steroid dienone is 1. The molecule has 1 nitrogen and oxygen atoms in total. The zero-order valence-electron chi connectivity index (χ0n) is 7.61. The minimum Gasteiger partial charge on any atom is -0.392 e. The second kappa shape index (κ2) is 3.75. The van der Waals surface area contributed by atoms with Crippen molar-refractivity contribution >= 4 is 5.57 Å². The Morgan fingerprint density at radius 2 is 2.00 bits per heavy atom. The highest BCUT2D eigenvalue weighted by molar-refractivity contribution is 5.69. The first kappa shape index (κ1) is 8.52. The van der Waals surface area contributed by atoms with E-state index in [0.29, 0.717) is 5.92 Å². The van der Waals surface area contributed by atoms with Crippen molar-refractivity contribution in [2.24, 2.45) is 5.92 Å².